The second-order valence-electron chi connectivity index (χ2n) is 3.47. The van der Waals surface area contributed by atoms with Gasteiger partial charge in [-0.3, -0.25) is 14.6 Å². The summed E-state index contributed by atoms with van der Waals surface area (Å²) in [5, 5.41) is 2.95. The minimum absolute atomic E-state index is 0.0355. The number of carbonyl (C=O) groups is 2. The lowest BCUT2D eigenvalue weighted by Gasteiger charge is -2.06. The number of nitrogens with one attached hydrogen (secondary N) is 1. The minimum Gasteiger partial charge on any atom is -0.386 e. The molecule has 84 valence electrons. The maximum atomic E-state index is 11.2. The SMILES string of the molecule is CNc1cc(C(C)=O)cnc1/C=C(/C)C=O. The van der Waals surface area contributed by atoms with Gasteiger partial charge in [-0.1, -0.05) is 0 Å². The molecule has 0 atom stereocenters. The van der Waals surface area contributed by atoms with Crippen molar-refractivity contribution in [1.82, 2.24) is 4.98 Å². The summed E-state index contributed by atoms with van der Waals surface area (Å²) < 4.78 is 0. The van der Waals surface area contributed by atoms with E-state index >= 15 is 0 Å². The first kappa shape index (κ1) is 12.1. The molecule has 0 saturated carbocycles. The highest BCUT2D eigenvalue weighted by atomic mass is 16.1. The zero-order valence-corrected chi connectivity index (χ0v) is 9.57. The molecule has 0 aliphatic rings. The van der Waals surface area contributed by atoms with Gasteiger partial charge >= 0.3 is 0 Å². The summed E-state index contributed by atoms with van der Waals surface area (Å²) in [6.45, 7) is 3.19. The van der Waals surface area contributed by atoms with Crippen molar-refractivity contribution in [1.29, 1.82) is 0 Å². The molecule has 1 rings (SSSR count). The molecule has 1 heterocycles. The lowest BCUT2D eigenvalue weighted by molar-refractivity contribution is -0.104. The van der Waals surface area contributed by atoms with Crippen LogP contribution in [0.2, 0.25) is 0 Å². The topological polar surface area (TPSA) is 59.1 Å². The zero-order valence-electron chi connectivity index (χ0n) is 9.57. The van der Waals surface area contributed by atoms with Gasteiger partial charge in [-0.25, -0.2) is 0 Å². The molecule has 0 aromatic carbocycles. The number of pyridine rings is 1. The summed E-state index contributed by atoms with van der Waals surface area (Å²) in [6.07, 6.45) is 3.94. The summed E-state index contributed by atoms with van der Waals surface area (Å²) >= 11 is 0. The van der Waals surface area contributed by atoms with Crippen LogP contribution in [0.25, 0.3) is 6.08 Å². The molecule has 0 fully saturated rings. The largest absolute Gasteiger partial charge is 0.386 e. The molecule has 0 amide bonds. The number of anilines is 1. The Kier molecular flexibility index (Phi) is 3.94. The van der Waals surface area contributed by atoms with Gasteiger partial charge < -0.3 is 5.32 Å². The average Bonchev–Trinajstić information content (AvgIpc) is 2.29. The van der Waals surface area contributed by atoms with E-state index < -0.39 is 0 Å². The van der Waals surface area contributed by atoms with Crippen LogP contribution in [0.15, 0.2) is 17.8 Å². The molecule has 1 aromatic heterocycles. The smallest absolute Gasteiger partial charge is 0.161 e. The Morgan fingerprint density at radius 1 is 1.44 bits per heavy atom. The standard InChI is InChI=1S/C12H14N2O2/c1-8(7-15)4-12-11(13-3)5-10(6-14-12)9(2)16/h4-7,13H,1-3H3/b8-4-. The van der Waals surface area contributed by atoms with E-state index in [4.69, 9.17) is 0 Å². The summed E-state index contributed by atoms with van der Waals surface area (Å²) in [4.78, 5) is 25.8. The van der Waals surface area contributed by atoms with Gasteiger partial charge in [0.2, 0.25) is 0 Å². The third kappa shape index (κ3) is 2.76. The first-order valence-electron chi connectivity index (χ1n) is 4.90. The molecule has 4 heteroatoms. The fourth-order valence-corrected chi connectivity index (χ4v) is 1.23. The number of aromatic nitrogens is 1. The van der Waals surface area contributed by atoms with E-state index in [1.807, 2.05) is 0 Å². The highest BCUT2D eigenvalue weighted by molar-refractivity contribution is 5.95. The Morgan fingerprint density at radius 2 is 2.12 bits per heavy atom. The minimum atomic E-state index is -0.0355. The van der Waals surface area contributed by atoms with Crippen molar-refractivity contribution in [3.8, 4) is 0 Å². The van der Waals surface area contributed by atoms with Gasteiger partial charge in [0.15, 0.2) is 5.78 Å². The van der Waals surface area contributed by atoms with Crippen LogP contribution in [0.1, 0.15) is 29.9 Å². The first-order chi connectivity index (χ1) is 7.58. The van der Waals surface area contributed by atoms with E-state index in [1.165, 1.54) is 13.1 Å². The van der Waals surface area contributed by atoms with Crippen molar-refractivity contribution < 1.29 is 9.59 Å². The van der Waals surface area contributed by atoms with Crippen molar-refractivity contribution >= 4 is 23.8 Å². The van der Waals surface area contributed by atoms with E-state index in [9.17, 15) is 9.59 Å². The molecule has 0 saturated heterocycles. The van der Waals surface area contributed by atoms with Crippen LogP contribution in [0.4, 0.5) is 5.69 Å². The predicted octanol–water partition coefficient (Wildman–Crippen LogP) is 1.93. The average molecular weight is 218 g/mol. The maximum Gasteiger partial charge on any atom is 0.161 e. The summed E-state index contributed by atoms with van der Waals surface area (Å²) in [7, 11) is 1.74. The number of ketones is 1. The monoisotopic (exact) mass is 218 g/mol. The van der Waals surface area contributed by atoms with Crippen LogP contribution in [-0.4, -0.2) is 24.1 Å². The van der Waals surface area contributed by atoms with Crippen LogP contribution in [0, 0.1) is 0 Å². The Balaban J connectivity index is 3.21. The highest BCUT2D eigenvalue weighted by Crippen LogP contribution is 2.17. The number of hydrogen-bond acceptors (Lipinski definition) is 4. The molecule has 1 aromatic rings. The van der Waals surface area contributed by atoms with E-state index in [1.54, 1.807) is 26.1 Å². The van der Waals surface area contributed by atoms with E-state index in [-0.39, 0.29) is 5.78 Å². The Bertz CT molecular complexity index is 450. The Hall–Kier alpha value is -1.97. The highest BCUT2D eigenvalue weighted by Gasteiger charge is 2.05. The molecular weight excluding hydrogens is 204 g/mol. The van der Waals surface area contributed by atoms with Crippen molar-refractivity contribution in [3.63, 3.8) is 0 Å². The third-order valence-corrected chi connectivity index (χ3v) is 2.14. The van der Waals surface area contributed by atoms with Gasteiger partial charge in [0.05, 0.1) is 11.4 Å². The lowest BCUT2D eigenvalue weighted by atomic mass is 10.1. The van der Waals surface area contributed by atoms with Gasteiger partial charge in [-0.05, 0) is 31.6 Å². The number of hydrogen-bond donors (Lipinski definition) is 1. The van der Waals surface area contributed by atoms with Crippen molar-refractivity contribution in [3.05, 3.63) is 29.1 Å². The second-order valence-corrected chi connectivity index (χ2v) is 3.47. The second kappa shape index (κ2) is 5.21. The third-order valence-electron chi connectivity index (χ3n) is 2.14. The molecule has 0 radical (unpaired) electrons. The molecule has 0 aliphatic carbocycles. The first-order valence-corrected chi connectivity index (χ1v) is 4.90. The molecule has 16 heavy (non-hydrogen) atoms. The van der Waals surface area contributed by atoms with Crippen LogP contribution >= 0.6 is 0 Å². The summed E-state index contributed by atoms with van der Waals surface area (Å²) in [5.74, 6) is -0.0355. The zero-order chi connectivity index (χ0) is 12.1. The van der Waals surface area contributed by atoms with Crippen molar-refractivity contribution in [2.75, 3.05) is 12.4 Å². The van der Waals surface area contributed by atoms with Gasteiger partial charge in [0.1, 0.15) is 6.29 Å². The van der Waals surface area contributed by atoms with Crippen LogP contribution in [0.3, 0.4) is 0 Å². The van der Waals surface area contributed by atoms with Crippen LogP contribution < -0.4 is 5.32 Å². The van der Waals surface area contributed by atoms with E-state index in [0.717, 1.165) is 12.0 Å². The van der Waals surface area contributed by atoms with Gasteiger partial charge in [-0.15, -0.1) is 0 Å². The van der Waals surface area contributed by atoms with Gasteiger partial charge in [0.25, 0.3) is 0 Å². The summed E-state index contributed by atoms with van der Waals surface area (Å²) in [6, 6.07) is 1.72. The molecule has 0 aliphatic heterocycles. The number of Topliss-reactive ketones (excluding diaryl/α,β-unsaturated/α-hetero) is 1. The Morgan fingerprint density at radius 3 is 2.62 bits per heavy atom. The molecular formula is C12H14N2O2. The molecule has 4 nitrogen and oxygen atoms in total. The van der Waals surface area contributed by atoms with Gasteiger partial charge in [-0.2, -0.15) is 0 Å². The molecule has 0 spiro atoms. The number of carbonyl (C=O) groups excluding carboxylic acids is 2. The Labute approximate surface area is 94.4 Å². The fourth-order valence-electron chi connectivity index (χ4n) is 1.23. The molecule has 0 bridgehead atoms. The maximum absolute atomic E-state index is 11.2. The normalized spacial score (nSPS) is 11.1. The number of nitrogens with zero attached hydrogens (tertiary/aromatic N) is 1. The van der Waals surface area contributed by atoms with E-state index in [2.05, 4.69) is 10.3 Å². The van der Waals surface area contributed by atoms with Crippen LogP contribution in [-0.2, 0) is 4.79 Å². The van der Waals surface area contributed by atoms with Crippen molar-refractivity contribution in [2.45, 2.75) is 13.8 Å². The van der Waals surface area contributed by atoms with Crippen LogP contribution in [0.5, 0.6) is 0 Å². The number of aldehydes is 1. The molecule has 0 unspecified atom stereocenters. The number of allylic oxidation sites excluding steroid dienone is 1. The van der Waals surface area contributed by atoms with Crippen molar-refractivity contribution in [2.24, 2.45) is 0 Å². The predicted molar refractivity (Wildman–Crippen MR) is 63.5 cm³/mol. The van der Waals surface area contributed by atoms with Gasteiger partial charge in [0, 0.05) is 18.8 Å². The lowest BCUT2D eigenvalue weighted by Crippen LogP contribution is -2.00. The molecule has 1 N–H and O–H groups in total. The van der Waals surface area contributed by atoms with E-state index in [0.29, 0.717) is 16.8 Å². The number of rotatable bonds is 4. The quantitative estimate of drug-likeness (QED) is 0.476. The summed E-state index contributed by atoms with van der Waals surface area (Å²) in [5.41, 5.74) is 2.51. The fraction of sp³-hybridized carbons (Fsp3) is 0.250.